The maximum Gasteiger partial charge on any atom is 0.323 e. The summed E-state index contributed by atoms with van der Waals surface area (Å²) >= 11 is 1.64. The van der Waals surface area contributed by atoms with Crippen molar-refractivity contribution in [3.63, 3.8) is 0 Å². The van der Waals surface area contributed by atoms with Crippen molar-refractivity contribution < 1.29 is 14.7 Å². The predicted octanol–water partition coefficient (Wildman–Crippen LogP) is 0.666. The van der Waals surface area contributed by atoms with E-state index in [1.165, 1.54) is 4.57 Å². The van der Waals surface area contributed by atoms with Crippen LogP contribution in [0.25, 0.3) is 0 Å². The summed E-state index contributed by atoms with van der Waals surface area (Å²) < 4.78 is 1.41. The van der Waals surface area contributed by atoms with Gasteiger partial charge in [0.1, 0.15) is 12.2 Å². The SMILES string of the molecule is CSCCNC(=O)c1cccn1CC(=O)O. The van der Waals surface area contributed by atoms with Crippen molar-refractivity contribution in [2.75, 3.05) is 18.6 Å². The molecule has 0 aliphatic heterocycles. The second-order valence-electron chi connectivity index (χ2n) is 3.16. The second-order valence-corrected chi connectivity index (χ2v) is 4.15. The normalized spacial score (nSPS) is 10.1. The lowest BCUT2D eigenvalue weighted by Crippen LogP contribution is -2.28. The van der Waals surface area contributed by atoms with Gasteiger partial charge in [-0.05, 0) is 18.4 Å². The molecule has 16 heavy (non-hydrogen) atoms. The summed E-state index contributed by atoms with van der Waals surface area (Å²) in [6, 6.07) is 3.27. The van der Waals surface area contributed by atoms with Crippen LogP contribution in [0.15, 0.2) is 18.3 Å². The zero-order valence-electron chi connectivity index (χ0n) is 8.97. The van der Waals surface area contributed by atoms with Gasteiger partial charge in [0.15, 0.2) is 0 Å². The first kappa shape index (κ1) is 12.6. The molecule has 1 aromatic rings. The van der Waals surface area contributed by atoms with E-state index >= 15 is 0 Å². The molecule has 0 fully saturated rings. The second kappa shape index (κ2) is 6.22. The van der Waals surface area contributed by atoms with Gasteiger partial charge >= 0.3 is 5.97 Å². The number of carboxylic acids is 1. The Kier molecular flexibility index (Phi) is 4.91. The van der Waals surface area contributed by atoms with Crippen LogP contribution in [-0.4, -0.2) is 40.1 Å². The van der Waals surface area contributed by atoms with Crippen LogP contribution in [-0.2, 0) is 11.3 Å². The standard InChI is InChI=1S/C10H14N2O3S/c1-16-6-4-11-10(15)8-3-2-5-12(8)7-9(13)14/h2-3,5H,4,6-7H2,1H3,(H,11,15)(H,13,14). The fraction of sp³-hybridized carbons (Fsp3) is 0.400. The van der Waals surface area contributed by atoms with E-state index in [-0.39, 0.29) is 12.5 Å². The van der Waals surface area contributed by atoms with Gasteiger partial charge in [0, 0.05) is 18.5 Å². The van der Waals surface area contributed by atoms with E-state index in [4.69, 9.17) is 5.11 Å². The molecule has 0 aliphatic carbocycles. The Balaban J connectivity index is 2.61. The van der Waals surface area contributed by atoms with E-state index in [1.54, 1.807) is 30.1 Å². The van der Waals surface area contributed by atoms with Crippen molar-refractivity contribution >= 4 is 23.6 Å². The third-order valence-electron chi connectivity index (χ3n) is 1.96. The molecule has 0 radical (unpaired) electrons. The number of aromatic nitrogens is 1. The van der Waals surface area contributed by atoms with Gasteiger partial charge in [0.25, 0.3) is 5.91 Å². The van der Waals surface area contributed by atoms with Crippen LogP contribution in [0.2, 0.25) is 0 Å². The molecule has 5 nitrogen and oxygen atoms in total. The van der Waals surface area contributed by atoms with Crippen LogP contribution in [0.5, 0.6) is 0 Å². The summed E-state index contributed by atoms with van der Waals surface area (Å²) in [6.07, 6.45) is 3.54. The zero-order chi connectivity index (χ0) is 12.0. The summed E-state index contributed by atoms with van der Waals surface area (Å²) in [7, 11) is 0. The topological polar surface area (TPSA) is 71.3 Å². The third-order valence-corrected chi connectivity index (χ3v) is 2.57. The molecule has 1 amide bonds. The van der Waals surface area contributed by atoms with Crippen molar-refractivity contribution in [1.82, 2.24) is 9.88 Å². The first-order chi connectivity index (χ1) is 7.65. The van der Waals surface area contributed by atoms with Gasteiger partial charge in [-0.1, -0.05) is 0 Å². The van der Waals surface area contributed by atoms with E-state index in [2.05, 4.69) is 5.32 Å². The summed E-state index contributed by atoms with van der Waals surface area (Å²) in [4.78, 5) is 22.2. The zero-order valence-corrected chi connectivity index (χ0v) is 9.79. The van der Waals surface area contributed by atoms with Crippen molar-refractivity contribution in [3.8, 4) is 0 Å². The van der Waals surface area contributed by atoms with Gasteiger partial charge in [-0.25, -0.2) is 0 Å². The minimum absolute atomic E-state index is 0.196. The van der Waals surface area contributed by atoms with Crippen LogP contribution in [0.1, 0.15) is 10.5 Å². The molecule has 0 unspecified atom stereocenters. The Morgan fingerprint density at radius 1 is 1.56 bits per heavy atom. The molecule has 88 valence electrons. The molecule has 0 spiro atoms. The number of carbonyl (C=O) groups excluding carboxylic acids is 1. The number of thioether (sulfide) groups is 1. The fourth-order valence-electron chi connectivity index (χ4n) is 1.26. The number of nitrogens with one attached hydrogen (secondary N) is 1. The number of nitrogens with zero attached hydrogens (tertiary/aromatic N) is 1. The fourth-order valence-corrected chi connectivity index (χ4v) is 1.57. The summed E-state index contributed by atoms with van der Waals surface area (Å²) in [5.74, 6) is -0.361. The van der Waals surface area contributed by atoms with E-state index in [1.807, 2.05) is 6.26 Å². The number of hydrogen-bond donors (Lipinski definition) is 2. The third kappa shape index (κ3) is 3.62. The molecule has 0 aliphatic rings. The highest BCUT2D eigenvalue weighted by molar-refractivity contribution is 7.98. The molecule has 1 heterocycles. The van der Waals surface area contributed by atoms with Crippen LogP contribution >= 0.6 is 11.8 Å². The minimum atomic E-state index is -0.964. The molecule has 0 saturated heterocycles. The van der Waals surface area contributed by atoms with Crippen molar-refractivity contribution in [1.29, 1.82) is 0 Å². The molecule has 0 aromatic carbocycles. The lowest BCUT2D eigenvalue weighted by atomic mass is 10.4. The van der Waals surface area contributed by atoms with Crippen LogP contribution in [0.4, 0.5) is 0 Å². The van der Waals surface area contributed by atoms with E-state index < -0.39 is 5.97 Å². The van der Waals surface area contributed by atoms with Gasteiger partial charge in [0.2, 0.25) is 0 Å². The number of carbonyl (C=O) groups is 2. The van der Waals surface area contributed by atoms with Crippen LogP contribution in [0, 0.1) is 0 Å². The lowest BCUT2D eigenvalue weighted by Gasteiger charge is -2.07. The summed E-state index contributed by atoms with van der Waals surface area (Å²) in [6.45, 7) is 0.385. The minimum Gasteiger partial charge on any atom is -0.480 e. The van der Waals surface area contributed by atoms with Gasteiger partial charge in [0.05, 0.1) is 0 Å². The van der Waals surface area contributed by atoms with Crippen molar-refractivity contribution in [2.45, 2.75) is 6.54 Å². The highest BCUT2D eigenvalue weighted by atomic mass is 32.2. The Labute approximate surface area is 97.8 Å². The predicted molar refractivity (Wildman–Crippen MR) is 62.8 cm³/mol. The van der Waals surface area contributed by atoms with Crippen LogP contribution in [0.3, 0.4) is 0 Å². The highest BCUT2D eigenvalue weighted by Crippen LogP contribution is 2.02. The van der Waals surface area contributed by atoms with Gasteiger partial charge < -0.3 is 15.0 Å². The maximum absolute atomic E-state index is 11.6. The first-order valence-electron chi connectivity index (χ1n) is 4.79. The molecule has 0 bridgehead atoms. The molecular weight excluding hydrogens is 228 g/mol. The molecule has 1 rings (SSSR count). The molecule has 0 saturated carbocycles. The van der Waals surface area contributed by atoms with Crippen molar-refractivity contribution in [2.24, 2.45) is 0 Å². The average Bonchev–Trinajstić information content (AvgIpc) is 2.65. The quantitative estimate of drug-likeness (QED) is 0.719. The maximum atomic E-state index is 11.6. The lowest BCUT2D eigenvalue weighted by molar-refractivity contribution is -0.137. The Hall–Kier alpha value is -1.43. The summed E-state index contributed by atoms with van der Waals surface area (Å²) in [5.41, 5.74) is 0.378. The summed E-state index contributed by atoms with van der Waals surface area (Å²) in [5, 5.41) is 11.4. The number of hydrogen-bond acceptors (Lipinski definition) is 3. The van der Waals surface area contributed by atoms with E-state index in [0.29, 0.717) is 12.2 Å². The molecule has 6 heteroatoms. The largest absolute Gasteiger partial charge is 0.480 e. The Morgan fingerprint density at radius 2 is 2.31 bits per heavy atom. The molecule has 1 aromatic heterocycles. The van der Waals surface area contributed by atoms with Gasteiger partial charge in [-0.15, -0.1) is 0 Å². The van der Waals surface area contributed by atoms with Crippen LogP contribution < -0.4 is 5.32 Å². The van der Waals surface area contributed by atoms with E-state index in [0.717, 1.165) is 5.75 Å². The first-order valence-corrected chi connectivity index (χ1v) is 6.18. The molecule has 2 N–H and O–H groups in total. The van der Waals surface area contributed by atoms with Gasteiger partial charge in [-0.2, -0.15) is 11.8 Å². The van der Waals surface area contributed by atoms with E-state index in [9.17, 15) is 9.59 Å². The number of aliphatic carboxylic acids is 1. The number of rotatable bonds is 6. The number of amides is 1. The number of carboxylic acid groups (broad SMARTS) is 1. The van der Waals surface area contributed by atoms with Gasteiger partial charge in [-0.3, -0.25) is 9.59 Å². The smallest absolute Gasteiger partial charge is 0.323 e. The molecular formula is C10H14N2O3S. The Bertz CT molecular complexity index is 376. The highest BCUT2D eigenvalue weighted by Gasteiger charge is 2.11. The molecule has 0 atom stereocenters. The average molecular weight is 242 g/mol. The monoisotopic (exact) mass is 242 g/mol. The van der Waals surface area contributed by atoms with Crippen molar-refractivity contribution in [3.05, 3.63) is 24.0 Å². The Morgan fingerprint density at radius 3 is 2.94 bits per heavy atom.